The average Bonchev–Trinajstić information content (AvgIpc) is 2.98. The summed E-state index contributed by atoms with van der Waals surface area (Å²) in [4.78, 5) is 26.4. The minimum atomic E-state index is -0.587. The predicted octanol–water partition coefficient (Wildman–Crippen LogP) is 3.09. The van der Waals surface area contributed by atoms with Crippen LogP contribution in [0.4, 0.5) is 14.9 Å². The molecule has 0 bridgehead atoms. The van der Waals surface area contributed by atoms with Crippen LogP contribution < -0.4 is 5.32 Å². The number of carbonyl (C=O) groups excluding carboxylic acids is 2. The van der Waals surface area contributed by atoms with Gasteiger partial charge in [0.15, 0.2) is 5.69 Å². The van der Waals surface area contributed by atoms with Crippen LogP contribution in [0, 0.1) is 5.82 Å². The van der Waals surface area contributed by atoms with E-state index in [9.17, 15) is 14.0 Å². The third-order valence-corrected chi connectivity index (χ3v) is 3.90. The van der Waals surface area contributed by atoms with Crippen molar-refractivity contribution in [2.75, 3.05) is 11.9 Å². The third-order valence-electron chi connectivity index (χ3n) is 3.90. The lowest BCUT2D eigenvalue weighted by molar-refractivity contribution is 0.0222. The molecule has 7 nitrogen and oxygen atoms in total. The van der Waals surface area contributed by atoms with Gasteiger partial charge in [-0.2, -0.15) is 5.10 Å². The number of ether oxygens (including phenoxy) is 1. The summed E-state index contributed by atoms with van der Waals surface area (Å²) in [5.74, 6) is -0.798. The minimum absolute atomic E-state index is 0.220. The van der Waals surface area contributed by atoms with Crippen molar-refractivity contribution in [1.29, 1.82) is 0 Å². The topological polar surface area (TPSA) is 87.3 Å². The lowest BCUT2D eigenvalue weighted by Gasteiger charge is -2.30. The molecule has 1 aliphatic rings. The molecule has 138 valence electrons. The number of halogens is 1. The fourth-order valence-corrected chi connectivity index (χ4v) is 2.69. The maximum absolute atomic E-state index is 13.0. The van der Waals surface area contributed by atoms with E-state index in [-0.39, 0.29) is 18.1 Å². The van der Waals surface area contributed by atoms with Gasteiger partial charge in [0.1, 0.15) is 11.4 Å². The third kappa shape index (κ3) is 4.01. The Kier molecular flexibility index (Phi) is 4.67. The Labute approximate surface area is 150 Å². The number of fused-ring (bicyclic) bond motifs is 1. The number of hydrogen-bond acceptors (Lipinski definition) is 4. The zero-order valence-electron chi connectivity index (χ0n) is 14.9. The first-order valence-electron chi connectivity index (χ1n) is 8.34. The van der Waals surface area contributed by atoms with E-state index in [1.54, 1.807) is 25.7 Å². The van der Waals surface area contributed by atoms with E-state index in [2.05, 4.69) is 15.5 Å². The quantitative estimate of drug-likeness (QED) is 0.861. The van der Waals surface area contributed by atoms with E-state index in [0.717, 1.165) is 5.69 Å². The van der Waals surface area contributed by atoms with E-state index in [1.165, 1.54) is 24.3 Å². The first kappa shape index (κ1) is 17.9. The van der Waals surface area contributed by atoms with Gasteiger partial charge in [0.25, 0.3) is 5.91 Å². The fraction of sp³-hybridized carbons (Fsp3) is 0.389. The molecule has 0 saturated heterocycles. The maximum atomic E-state index is 13.0. The summed E-state index contributed by atoms with van der Waals surface area (Å²) in [5.41, 5.74) is 1.60. The van der Waals surface area contributed by atoms with E-state index in [0.29, 0.717) is 24.2 Å². The molecule has 3 rings (SSSR count). The van der Waals surface area contributed by atoms with Crippen LogP contribution in [0.2, 0.25) is 0 Å². The Morgan fingerprint density at radius 2 is 1.96 bits per heavy atom. The van der Waals surface area contributed by atoms with Crippen LogP contribution in [0.15, 0.2) is 24.3 Å². The summed E-state index contributed by atoms with van der Waals surface area (Å²) in [7, 11) is 0. The number of hydrogen-bond donors (Lipinski definition) is 2. The van der Waals surface area contributed by atoms with Crippen molar-refractivity contribution >= 4 is 17.7 Å². The molecule has 2 N–H and O–H groups in total. The van der Waals surface area contributed by atoms with Gasteiger partial charge in [0.2, 0.25) is 0 Å². The zero-order chi connectivity index (χ0) is 18.9. The normalized spacial score (nSPS) is 13.9. The molecule has 0 spiro atoms. The molecule has 2 amide bonds. The van der Waals surface area contributed by atoms with Crippen LogP contribution in [0.1, 0.15) is 42.5 Å². The second-order valence-corrected chi connectivity index (χ2v) is 7.14. The highest BCUT2D eigenvalue weighted by molar-refractivity contribution is 6.04. The standard InChI is InChI=1S/C18H21FN4O3/c1-18(2,3)26-17(25)23-9-8-14-13(10-23)15(22-21-14)16(24)20-12-6-4-11(19)5-7-12/h4-7H,8-10H2,1-3H3,(H,20,24)(H,21,22). The Morgan fingerprint density at radius 1 is 1.27 bits per heavy atom. The zero-order valence-corrected chi connectivity index (χ0v) is 14.9. The van der Waals surface area contributed by atoms with Gasteiger partial charge in [-0.3, -0.25) is 9.89 Å². The molecule has 2 heterocycles. The Hall–Kier alpha value is -2.90. The Balaban J connectivity index is 1.74. The Morgan fingerprint density at radius 3 is 2.62 bits per heavy atom. The predicted molar refractivity (Wildman–Crippen MR) is 93.3 cm³/mol. The first-order valence-corrected chi connectivity index (χ1v) is 8.34. The summed E-state index contributed by atoms with van der Waals surface area (Å²) in [5, 5.41) is 9.63. The van der Waals surface area contributed by atoms with Gasteiger partial charge >= 0.3 is 6.09 Å². The highest BCUT2D eigenvalue weighted by Crippen LogP contribution is 2.23. The summed E-state index contributed by atoms with van der Waals surface area (Å²) >= 11 is 0. The van der Waals surface area contributed by atoms with Crippen molar-refractivity contribution in [3.05, 3.63) is 47.0 Å². The van der Waals surface area contributed by atoms with Gasteiger partial charge in [-0.1, -0.05) is 0 Å². The van der Waals surface area contributed by atoms with E-state index >= 15 is 0 Å². The van der Waals surface area contributed by atoms with Crippen LogP contribution in [0.25, 0.3) is 0 Å². The van der Waals surface area contributed by atoms with Crippen LogP contribution in [0.3, 0.4) is 0 Å². The van der Waals surface area contributed by atoms with Gasteiger partial charge < -0.3 is 15.0 Å². The molecule has 2 aromatic rings. The van der Waals surface area contributed by atoms with Gasteiger partial charge in [-0.25, -0.2) is 9.18 Å². The largest absolute Gasteiger partial charge is 0.444 e. The molecule has 0 radical (unpaired) electrons. The summed E-state index contributed by atoms with van der Waals surface area (Å²) in [6, 6.07) is 5.47. The first-order chi connectivity index (χ1) is 12.2. The second-order valence-electron chi connectivity index (χ2n) is 7.14. The van der Waals surface area contributed by atoms with E-state index < -0.39 is 17.6 Å². The lowest BCUT2D eigenvalue weighted by atomic mass is 10.1. The molecular formula is C18H21FN4O3. The number of nitrogens with one attached hydrogen (secondary N) is 2. The minimum Gasteiger partial charge on any atom is -0.444 e. The van der Waals surface area contributed by atoms with Crippen molar-refractivity contribution in [3.63, 3.8) is 0 Å². The lowest BCUT2D eigenvalue weighted by Crippen LogP contribution is -2.40. The van der Waals surface area contributed by atoms with Gasteiger partial charge in [0, 0.05) is 29.9 Å². The van der Waals surface area contributed by atoms with Crippen molar-refractivity contribution in [2.45, 2.75) is 39.3 Å². The molecule has 0 atom stereocenters. The molecular weight excluding hydrogens is 339 g/mol. The molecule has 0 saturated carbocycles. The molecule has 0 aliphatic carbocycles. The average molecular weight is 360 g/mol. The highest BCUT2D eigenvalue weighted by Gasteiger charge is 2.30. The Bertz CT molecular complexity index is 824. The number of anilines is 1. The van der Waals surface area contributed by atoms with Gasteiger partial charge in [-0.15, -0.1) is 0 Å². The van der Waals surface area contributed by atoms with Crippen molar-refractivity contribution < 1.29 is 18.7 Å². The number of aromatic nitrogens is 2. The van der Waals surface area contributed by atoms with Crippen LogP contribution in [-0.4, -0.2) is 39.2 Å². The number of carbonyl (C=O) groups is 2. The summed E-state index contributed by atoms with van der Waals surface area (Å²) in [6.45, 7) is 6.15. The molecule has 0 unspecified atom stereocenters. The number of aromatic amines is 1. The molecule has 26 heavy (non-hydrogen) atoms. The number of nitrogens with zero attached hydrogens (tertiary/aromatic N) is 2. The number of rotatable bonds is 2. The molecule has 1 aliphatic heterocycles. The van der Waals surface area contributed by atoms with Crippen LogP contribution >= 0.6 is 0 Å². The molecule has 1 aromatic carbocycles. The smallest absolute Gasteiger partial charge is 0.410 e. The SMILES string of the molecule is CC(C)(C)OC(=O)N1CCc2[nH]nc(C(=O)Nc3ccc(F)cc3)c2C1. The molecule has 1 aromatic heterocycles. The van der Waals surface area contributed by atoms with Crippen LogP contribution in [-0.2, 0) is 17.7 Å². The molecule has 8 heteroatoms. The second kappa shape index (κ2) is 6.78. The summed E-state index contributed by atoms with van der Waals surface area (Å²) in [6.07, 6.45) is 0.139. The van der Waals surface area contributed by atoms with E-state index in [4.69, 9.17) is 4.74 Å². The summed E-state index contributed by atoms with van der Waals surface area (Å²) < 4.78 is 18.4. The van der Waals surface area contributed by atoms with Gasteiger partial charge in [-0.05, 0) is 45.0 Å². The highest BCUT2D eigenvalue weighted by atomic mass is 19.1. The van der Waals surface area contributed by atoms with Gasteiger partial charge in [0.05, 0.1) is 6.54 Å². The number of amides is 2. The van der Waals surface area contributed by atoms with E-state index in [1.807, 2.05) is 0 Å². The van der Waals surface area contributed by atoms with Crippen molar-refractivity contribution in [2.24, 2.45) is 0 Å². The van der Waals surface area contributed by atoms with Crippen molar-refractivity contribution in [1.82, 2.24) is 15.1 Å². The fourth-order valence-electron chi connectivity index (χ4n) is 2.69. The number of benzene rings is 1. The monoisotopic (exact) mass is 360 g/mol. The van der Waals surface area contributed by atoms with Crippen LogP contribution in [0.5, 0.6) is 0 Å². The van der Waals surface area contributed by atoms with Crippen molar-refractivity contribution in [3.8, 4) is 0 Å². The molecule has 0 fully saturated rings. The maximum Gasteiger partial charge on any atom is 0.410 e. The number of H-pyrrole nitrogens is 1.